The second-order valence-corrected chi connectivity index (χ2v) is 9.24. The largest absolute Gasteiger partial charge is 0.384 e. The number of methoxy groups -OCH3 is 1. The Morgan fingerprint density at radius 1 is 1.11 bits per heavy atom. The summed E-state index contributed by atoms with van der Waals surface area (Å²) in [6.07, 6.45) is 1.59. The summed E-state index contributed by atoms with van der Waals surface area (Å²) in [6.45, 7) is 6.77. The molecule has 3 atom stereocenters. The van der Waals surface area contributed by atoms with Crippen LogP contribution in [0.3, 0.4) is 0 Å². The van der Waals surface area contributed by atoms with Crippen LogP contribution in [0.4, 0.5) is 0 Å². The van der Waals surface area contributed by atoms with Crippen molar-refractivity contribution < 1.29 is 9.53 Å². The van der Waals surface area contributed by atoms with E-state index in [-0.39, 0.29) is 11.9 Å². The molecule has 1 aromatic heterocycles. The van der Waals surface area contributed by atoms with Gasteiger partial charge < -0.3 is 9.64 Å². The van der Waals surface area contributed by atoms with Crippen LogP contribution in [0, 0.1) is 11.8 Å². The summed E-state index contributed by atoms with van der Waals surface area (Å²) in [7, 11) is 1.66. The van der Waals surface area contributed by atoms with Gasteiger partial charge in [0.05, 0.1) is 19.1 Å². The molecular weight excluding hydrogens is 368 g/mol. The molecule has 150 valence electrons. The minimum absolute atomic E-state index is 0.190. The smallest absolute Gasteiger partial charge is 0.225 e. The molecule has 2 saturated heterocycles. The SMILES string of the molecule is CCc1ccc(CN2C[C@H]3CN(C(=O)CCOC)[C@H](c4ccccc4)[C@H]3C2)s1. The number of nitrogens with zero attached hydrogens (tertiary/aromatic N) is 2. The Hall–Kier alpha value is -1.69. The molecule has 1 aromatic carbocycles. The Balaban J connectivity index is 1.50. The molecule has 2 aliphatic rings. The third kappa shape index (κ3) is 4.02. The molecule has 5 heteroatoms. The summed E-state index contributed by atoms with van der Waals surface area (Å²) in [4.78, 5) is 20.5. The molecule has 4 rings (SSSR count). The molecule has 1 amide bonds. The van der Waals surface area contributed by atoms with Crippen LogP contribution in [-0.4, -0.2) is 49.1 Å². The zero-order valence-electron chi connectivity index (χ0n) is 16.8. The van der Waals surface area contributed by atoms with Gasteiger partial charge in [-0.2, -0.15) is 0 Å². The number of fused-ring (bicyclic) bond motifs is 1. The van der Waals surface area contributed by atoms with E-state index in [4.69, 9.17) is 4.74 Å². The van der Waals surface area contributed by atoms with E-state index in [1.807, 2.05) is 11.3 Å². The number of likely N-dealkylation sites (tertiary alicyclic amines) is 2. The van der Waals surface area contributed by atoms with Crippen molar-refractivity contribution >= 4 is 17.2 Å². The first-order chi connectivity index (χ1) is 13.7. The first-order valence-corrected chi connectivity index (χ1v) is 11.1. The summed E-state index contributed by atoms with van der Waals surface area (Å²) < 4.78 is 5.15. The number of aryl methyl sites for hydroxylation is 1. The number of amides is 1. The van der Waals surface area contributed by atoms with E-state index >= 15 is 0 Å². The fourth-order valence-corrected chi connectivity index (χ4v) is 5.85. The zero-order valence-corrected chi connectivity index (χ0v) is 17.7. The number of thiophene rings is 1. The molecule has 0 spiro atoms. The summed E-state index contributed by atoms with van der Waals surface area (Å²) >= 11 is 1.94. The van der Waals surface area contributed by atoms with Crippen LogP contribution in [0.5, 0.6) is 0 Å². The molecule has 2 fully saturated rings. The molecule has 0 radical (unpaired) electrons. The molecule has 3 heterocycles. The number of hydrogen-bond donors (Lipinski definition) is 0. The molecule has 0 N–H and O–H groups in total. The molecule has 0 unspecified atom stereocenters. The van der Waals surface area contributed by atoms with Crippen LogP contribution in [0.25, 0.3) is 0 Å². The quantitative estimate of drug-likeness (QED) is 0.707. The second-order valence-electron chi connectivity index (χ2n) is 7.98. The van der Waals surface area contributed by atoms with Gasteiger partial charge in [0.25, 0.3) is 0 Å². The van der Waals surface area contributed by atoms with E-state index in [1.165, 1.54) is 15.3 Å². The molecule has 0 bridgehead atoms. The van der Waals surface area contributed by atoms with Crippen LogP contribution < -0.4 is 0 Å². The first kappa shape index (κ1) is 19.6. The zero-order chi connectivity index (χ0) is 19.5. The maximum absolute atomic E-state index is 12.9. The van der Waals surface area contributed by atoms with E-state index in [9.17, 15) is 4.79 Å². The Kier molecular flexibility index (Phi) is 6.14. The highest BCUT2D eigenvalue weighted by Crippen LogP contribution is 2.45. The molecule has 28 heavy (non-hydrogen) atoms. The Bertz CT molecular complexity index is 791. The number of ether oxygens (including phenoxy) is 1. The van der Waals surface area contributed by atoms with E-state index in [2.05, 4.69) is 59.2 Å². The van der Waals surface area contributed by atoms with Gasteiger partial charge in [0.2, 0.25) is 5.91 Å². The second kappa shape index (κ2) is 8.76. The summed E-state index contributed by atoms with van der Waals surface area (Å²) in [6, 6.07) is 15.3. The van der Waals surface area contributed by atoms with Gasteiger partial charge in [-0.1, -0.05) is 37.3 Å². The van der Waals surface area contributed by atoms with Crippen molar-refractivity contribution in [3.8, 4) is 0 Å². The Morgan fingerprint density at radius 3 is 2.61 bits per heavy atom. The van der Waals surface area contributed by atoms with Crippen molar-refractivity contribution in [1.82, 2.24) is 9.80 Å². The lowest BCUT2D eigenvalue weighted by Crippen LogP contribution is -2.36. The Labute approximate surface area is 172 Å². The fourth-order valence-electron chi connectivity index (χ4n) is 4.85. The first-order valence-electron chi connectivity index (χ1n) is 10.3. The van der Waals surface area contributed by atoms with Crippen molar-refractivity contribution in [2.45, 2.75) is 32.4 Å². The van der Waals surface area contributed by atoms with Crippen molar-refractivity contribution in [3.63, 3.8) is 0 Å². The number of carbonyl (C=O) groups is 1. The predicted octanol–water partition coefficient (Wildman–Crippen LogP) is 3.98. The monoisotopic (exact) mass is 398 g/mol. The van der Waals surface area contributed by atoms with Crippen molar-refractivity contribution in [2.75, 3.05) is 33.4 Å². The summed E-state index contributed by atoms with van der Waals surface area (Å²) in [5.74, 6) is 1.30. The normalized spacial score (nSPS) is 24.6. The number of rotatable bonds is 7. The summed E-state index contributed by atoms with van der Waals surface area (Å²) in [5, 5.41) is 0. The van der Waals surface area contributed by atoms with Crippen LogP contribution >= 0.6 is 11.3 Å². The van der Waals surface area contributed by atoms with Gasteiger partial charge in [-0.05, 0) is 30.0 Å². The number of hydrogen-bond acceptors (Lipinski definition) is 4. The van der Waals surface area contributed by atoms with Crippen molar-refractivity contribution in [1.29, 1.82) is 0 Å². The standard InChI is InChI=1S/C23H30N2O2S/c1-3-19-9-10-20(28-19)15-24-13-18-14-25(22(26)11-12-27-2)23(21(18)16-24)17-7-5-4-6-8-17/h4-10,18,21,23H,3,11-16H2,1-2H3/t18-,21-,23+/m0/s1. The lowest BCUT2D eigenvalue weighted by Gasteiger charge is -2.30. The highest BCUT2D eigenvalue weighted by molar-refractivity contribution is 7.11. The van der Waals surface area contributed by atoms with Crippen LogP contribution in [-0.2, 0) is 22.5 Å². The molecule has 4 nitrogen and oxygen atoms in total. The maximum atomic E-state index is 12.9. The Morgan fingerprint density at radius 2 is 1.89 bits per heavy atom. The average Bonchev–Trinajstić information content (AvgIpc) is 3.41. The summed E-state index contributed by atoms with van der Waals surface area (Å²) in [5.41, 5.74) is 1.27. The van der Waals surface area contributed by atoms with Crippen molar-refractivity contribution in [2.24, 2.45) is 11.8 Å². The van der Waals surface area contributed by atoms with Gasteiger partial charge in [0.1, 0.15) is 0 Å². The minimum Gasteiger partial charge on any atom is -0.384 e. The third-order valence-corrected chi connectivity index (χ3v) is 7.38. The van der Waals surface area contributed by atoms with Crippen LogP contribution in [0.15, 0.2) is 42.5 Å². The maximum Gasteiger partial charge on any atom is 0.225 e. The minimum atomic E-state index is 0.190. The van der Waals surface area contributed by atoms with Crippen molar-refractivity contribution in [3.05, 3.63) is 57.8 Å². The highest BCUT2D eigenvalue weighted by atomic mass is 32.1. The lowest BCUT2D eigenvalue weighted by atomic mass is 9.89. The number of benzene rings is 1. The fraction of sp³-hybridized carbons (Fsp3) is 0.522. The highest BCUT2D eigenvalue weighted by Gasteiger charge is 2.48. The van der Waals surface area contributed by atoms with Gasteiger partial charge in [-0.3, -0.25) is 9.69 Å². The van der Waals surface area contributed by atoms with E-state index in [0.29, 0.717) is 24.9 Å². The molecule has 2 aliphatic heterocycles. The molecule has 0 aliphatic carbocycles. The van der Waals surface area contributed by atoms with E-state index in [0.717, 1.165) is 32.6 Å². The predicted molar refractivity (Wildman–Crippen MR) is 113 cm³/mol. The van der Waals surface area contributed by atoms with Gasteiger partial charge in [0, 0.05) is 49.0 Å². The topological polar surface area (TPSA) is 32.8 Å². The van der Waals surface area contributed by atoms with Crippen LogP contribution in [0.2, 0.25) is 0 Å². The van der Waals surface area contributed by atoms with Gasteiger partial charge in [0.15, 0.2) is 0 Å². The number of carbonyl (C=O) groups excluding carboxylic acids is 1. The van der Waals surface area contributed by atoms with Gasteiger partial charge in [-0.25, -0.2) is 0 Å². The molecule has 0 saturated carbocycles. The third-order valence-electron chi connectivity index (χ3n) is 6.17. The van der Waals surface area contributed by atoms with E-state index < -0.39 is 0 Å². The average molecular weight is 399 g/mol. The van der Waals surface area contributed by atoms with Crippen LogP contribution in [0.1, 0.15) is 34.7 Å². The molecule has 2 aromatic rings. The lowest BCUT2D eigenvalue weighted by molar-refractivity contribution is -0.133. The van der Waals surface area contributed by atoms with Gasteiger partial charge >= 0.3 is 0 Å². The van der Waals surface area contributed by atoms with Gasteiger partial charge in [-0.15, -0.1) is 11.3 Å². The van der Waals surface area contributed by atoms with E-state index in [1.54, 1.807) is 7.11 Å². The molecular formula is C23H30N2O2S.